The molecule has 0 unspecified atom stereocenters. The highest BCUT2D eigenvalue weighted by Crippen LogP contribution is 2.46. The van der Waals surface area contributed by atoms with E-state index < -0.39 is 0 Å². The van der Waals surface area contributed by atoms with Crippen molar-refractivity contribution in [2.24, 2.45) is 17.8 Å². The van der Waals surface area contributed by atoms with E-state index >= 15 is 0 Å². The Morgan fingerprint density at radius 2 is 2.18 bits per heavy atom. The molecule has 0 bridgehead atoms. The molecule has 0 aromatic carbocycles. The van der Waals surface area contributed by atoms with Crippen molar-refractivity contribution >= 4 is 5.78 Å². The van der Waals surface area contributed by atoms with E-state index in [1.54, 1.807) is 0 Å². The number of hydrogen-bond donors (Lipinski definition) is 0. The van der Waals surface area contributed by atoms with Crippen molar-refractivity contribution in [2.45, 2.75) is 25.7 Å². The van der Waals surface area contributed by atoms with Crippen LogP contribution in [-0.4, -0.2) is 5.78 Å². The summed E-state index contributed by atoms with van der Waals surface area (Å²) in [5, 5.41) is 0. The zero-order valence-electron chi connectivity index (χ0n) is 6.75. The average Bonchev–Trinajstić information content (AvgIpc) is 2.45. The van der Waals surface area contributed by atoms with Crippen molar-refractivity contribution in [1.29, 1.82) is 0 Å². The minimum atomic E-state index is 0.478. The van der Waals surface area contributed by atoms with Gasteiger partial charge in [0.25, 0.3) is 0 Å². The summed E-state index contributed by atoms with van der Waals surface area (Å²) in [4.78, 5) is 11.1. The fourth-order valence-electron chi connectivity index (χ4n) is 2.69. The molecule has 0 heterocycles. The third-order valence-corrected chi connectivity index (χ3v) is 3.28. The zero-order valence-corrected chi connectivity index (χ0v) is 6.75. The second kappa shape index (κ2) is 2.47. The monoisotopic (exact) mass is 150 g/mol. The van der Waals surface area contributed by atoms with Gasteiger partial charge in [0.15, 0.2) is 0 Å². The molecular weight excluding hydrogens is 136 g/mol. The first-order valence-electron chi connectivity index (χ1n) is 4.45. The standard InChI is InChI=1S/C10H14O/c1-2-7-3-4-8-5-9(11)6-10(7)8/h2,7-8,10H,1,3-6H2/t7-,8+,10+/m0/s1. The van der Waals surface area contributed by atoms with Gasteiger partial charge in [-0.15, -0.1) is 6.58 Å². The first-order valence-corrected chi connectivity index (χ1v) is 4.45. The van der Waals surface area contributed by atoms with Gasteiger partial charge in [-0.2, -0.15) is 0 Å². The molecule has 2 aliphatic rings. The minimum absolute atomic E-state index is 0.478. The van der Waals surface area contributed by atoms with Crippen LogP contribution in [0.25, 0.3) is 0 Å². The summed E-state index contributed by atoms with van der Waals surface area (Å²) < 4.78 is 0. The lowest BCUT2D eigenvalue weighted by Crippen LogP contribution is -2.06. The summed E-state index contributed by atoms with van der Waals surface area (Å²) >= 11 is 0. The molecule has 2 aliphatic carbocycles. The SMILES string of the molecule is C=C[C@H]1CC[C@@H]2CC(=O)C[C@@H]21. The van der Waals surface area contributed by atoms with Crippen LogP contribution in [0.15, 0.2) is 12.7 Å². The molecule has 0 amide bonds. The number of fused-ring (bicyclic) bond motifs is 1. The van der Waals surface area contributed by atoms with Crippen LogP contribution in [0.1, 0.15) is 25.7 Å². The van der Waals surface area contributed by atoms with Crippen LogP contribution in [-0.2, 0) is 4.79 Å². The molecule has 0 aromatic rings. The summed E-state index contributed by atoms with van der Waals surface area (Å²) in [7, 11) is 0. The number of rotatable bonds is 1. The molecule has 60 valence electrons. The van der Waals surface area contributed by atoms with Gasteiger partial charge in [0.05, 0.1) is 0 Å². The molecule has 11 heavy (non-hydrogen) atoms. The molecule has 0 radical (unpaired) electrons. The molecule has 3 atom stereocenters. The summed E-state index contributed by atoms with van der Waals surface area (Å²) in [6.07, 6.45) is 6.26. The highest BCUT2D eigenvalue weighted by Gasteiger charge is 2.41. The van der Waals surface area contributed by atoms with E-state index in [1.165, 1.54) is 12.8 Å². The average molecular weight is 150 g/mol. The molecule has 1 heteroatoms. The van der Waals surface area contributed by atoms with Crippen molar-refractivity contribution in [2.75, 3.05) is 0 Å². The molecule has 0 N–H and O–H groups in total. The number of allylic oxidation sites excluding steroid dienone is 1. The molecule has 2 saturated carbocycles. The maximum Gasteiger partial charge on any atom is 0.133 e. The smallest absolute Gasteiger partial charge is 0.133 e. The van der Waals surface area contributed by atoms with E-state index in [9.17, 15) is 4.79 Å². The summed E-state index contributed by atoms with van der Waals surface area (Å²) in [5.74, 6) is 2.50. The van der Waals surface area contributed by atoms with Crippen LogP contribution < -0.4 is 0 Å². The third-order valence-electron chi connectivity index (χ3n) is 3.28. The number of Topliss-reactive ketones (excluding diaryl/α,β-unsaturated/α-hetero) is 1. The van der Waals surface area contributed by atoms with E-state index in [0.29, 0.717) is 23.5 Å². The molecular formula is C10H14O. The zero-order chi connectivity index (χ0) is 7.84. The molecule has 0 aliphatic heterocycles. The van der Waals surface area contributed by atoms with E-state index in [1.807, 2.05) is 6.08 Å². The summed E-state index contributed by atoms with van der Waals surface area (Å²) in [6.45, 7) is 3.82. The van der Waals surface area contributed by atoms with Crippen LogP contribution in [0.2, 0.25) is 0 Å². The fourth-order valence-corrected chi connectivity index (χ4v) is 2.69. The molecule has 0 aromatic heterocycles. The van der Waals surface area contributed by atoms with Crippen LogP contribution in [0, 0.1) is 17.8 Å². The summed E-state index contributed by atoms with van der Waals surface area (Å²) in [5.41, 5.74) is 0. The molecule has 0 saturated heterocycles. The van der Waals surface area contributed by atoms with Gasteiger partial charge >= 0.3 is 0 Å². The Balaban J connectivity index is 2.12. The van der Waals surface area contributed by atoms with Gasteiger partial charge in [-0.3, -0.25) is 4.79 Å². The number of hydrogen-bond acceptors (Lipinski definition) is 1. The maximum absolute atomic E-state index is 11.1. The van der Waals surface area contributed by atoms with Gasteiger partial charge in [-0.1, -0.05) is 6.08 Å². The molecule has 2 fully saturated rings. The predicted octanol–water partition coefficient (Wildman–Crippen LogP) is 2.18. The third kappa shape index (κ3) is 1.03. The van der Waals surface area contributed by atoms with Gasteiger partial charge in [0.1, 0.15) is 5.78 Å². The Morgan fingerprint density at radius 1 is 1.36 bits per heavy atom. The highest BCUT2D eigenvalue weighted by atomic mass is 16.1. The van der Waals surface area contributed by atoms with Crippen LogP contribution in [0.4, 0.5) is 0 Å². The van der Waals surface area contributed by atoms with Crippen molar-refractivity contribution in [3.8, 4) is 0 Å². The van der Waals surface area contributed by atoms with Gasteiger partial charge in [-0.05, 0) is 30.6 Å². The van der Waals surface area contributed by atoms with Crippen molar-refractivity contribution in [3.05, 3.63) is 12.7 Å². The number of carbonyl (C=O) groups excluding carboxylic acids is 1. The Hall–Kier alpha value is -0.590. The first kappa shape index (κ1) is 7.08. The van der Waals surface area contributed by atoms with Gasteiger partial charge < -0.3 is 0 Å². The lowest BCUT2D eigenvalue weighted by Gasteiger charge is -2.12. The van der Waals surface area contributed by atoms with Gasteiger partial charge in [-0.25, -0.2) is 0 Å². The lowest BCUT2D eigenvalue weighted by atomic mass is 9.92. The first-order chi connectivity index (χ1) is 5.31. The highest BCUT2D eigenvalue weighted by molar-refractivity contribution is 5.81. The van der Waals surface area contributed by atoms with Crippen molar-refractivity contribution in [1.82, 2.24) is 0 Å². The number of ketones is 1. The van der Waals surface area contributed by atoms with E-state index in [2.05, 4.69) is 6.58 Å². The van der Waals surface area contributed by atoms with Crippen molar-refractivity contribution < 1.29 is 4.79 Å². The van der Waals surface area contributed by atoms with Gasteiger partial charge in [0, 0.05) is 12.8 Å². The Kier molecular flexibility index (Phi) is 1.59. The second-order valence-electron chi connectivity index (χ2n) is 3.85. The van der Waals surface area contributed by atoms with E-state index in [0.717, 1.165) is 12.8 Å². The molecule has 0 spiro atoms. The quantitative estimate of drug-likeness (QED) is 0.523. The van der Waals surface area contributed by atoms with E-state index in [4.69, 9.17) is 0 Å². The Morgan fingerprint density at radius 3 is 2.91 bits per heavy atom. The van der Waals surface area contributed by atoms with Crippen LogP contribution in [0.3, 0.4) is 0 Å². The minimum Gasteiger partial charge on any atom is -0.300 e. The van der Waals surface area contributed by atoms with E-state index in [-0.39, 0.29) is 0 Å². The Labute approximate surface area is 67.5 Å². The second-order valence-corrected chi connectivity index (χ2v) is 3.85. The van der Waals surface area contributed by atoms with Crippen LogP contribution in [0.5, 0.6) is 0 Å². The number of carbonyl (C=O) groups is 1. The maximum atomic E-state index is 11.1. The van der Waals surface area contributed by atoms with Crippen molar-refractivity contribution in [3.63, 3.8) is 0 Å². The summed E-state index contributed by atoms with van der Waals surface area (Å²) in [6, 6.07) is 0. The fraction of sp³-hybridized carbons (Fsp3) is 0.700. The largest absolute Gasteiger partial charge is 0.300 e. The lowest BCUT2D eigenvalue weighted by molar-refractivity contribution is -0.117. The van der Waals surface area contributed by atoms with Gasteiger partial charge in [0.2, 0.25) is 0 Å². The normalized spacial score (nSPS) is 42.5. The van der Waals surface area contributed by atoms with Crippen LogP contribution >= 0.6 is 0 Å². The Bertz CT molecular complexity index is 195. The molecule has 2 rings (SSSR count). The molecule has 1 nitrogen and oxygen atoms in total. The predicted molar refractivity (Wildman–Crippen MR) is 44.1 cm³/mol. The topological polar surface area (TPSA) is 17.1 Å².